The summed E-state index contributed by atoms with van der Waals surface area (Å²) < 4.78 is 7.03. The number of rotatable bonds is 12. The molecule has 3 aliphatic rings. The fraction of sp³-hybridized carbons (Fsp3) is 0. The Morgan fingerprint density at radius 2 is 0.533 bits per heavy atom. The first-order chi connectivity index (χ1) is 74.5. The van der Waals surface area contributed by atoms with Crippen molar-refractivity contribution in [2.24, 2.45) is 0 Å². The summed E-state index contributed by atoms with van der Waals surface area (Å²) in [5.74, 6) is 4.27. The molecule has 30 rings (SSSR count). The molecule has 17 aromatic carbocycles. The summed E-state index contributed by atoms with van der Waals surface area (Å²) >= 11 is 0. The number of aromatic nitrogens is 13. The van der Waals surface area contributed by atoms with Gasteiger partial charge in [-0.05, 0) is 108 Å². The number of fused-ring (bicyclic) bond motifs is 24. The third kappa shape index (κ3) is 14.9. The normalized spacial score (nSPS) is 12.0. The van der Waals surface area contributed by atoms with Crippen LogP contribution in [0.2, 0.25) is 0 Å². The van der Waals surface area contributed by atoms with Crippen LogP contribution in [0.15, 0.2) is 523 Å². The van der Waals surface area contributed by atoms with Crippen LogP contribution in [0.25, 0.3) is 217 Å². The Balaban J connectivity index is 0.000000109. The molecule has 3 aliphatic heterocycles. The minimum atomic E-state index is 0.555. The first-order valence-electron chi connectivity index (χ1n) is 50.2. The lowest BCUT2D eigenvalue weighted by molar-refractivity contribution is 0.938. The van der Waals surface area contributed by atoms with Crippen LogP contribution in [0.5, 0.6) is 0 Å². The minimum absolute atomic E-state index is 0.555. The van der Waals surface area contributed by atoms with E-state index in [0.717, 1.165) is 223 Å². The largest absolute Gasteiger partial charge is 0.309 e. The summed E-state index contributed by atoms with van der Waals surface area (Å²) in [4.78, 5) is 56.6. The molecule has 0 spiro atoms. The van der Waals surface area contributed by atoms with Gasteiger partial charge >= 0.3 is 0 Å². The second-order valence-electron chi connectivity index (χ2n) is 37.4. The molecule has 16 heteroatoms. The van der Waals surface area contributed by atoms with Crippen molar-refractivity contribution in [2.45, 2.75) is 0 Å². The third-order valence-corrected chi connectivity index (χ3v) is 28.8. The molecule has 16 nitrogen and oxygen atoms in total. The Morgan fingerprint density at radius 1 is 0.180 bits per heavy atom. The smallest absolute Gasteiger partial charge is 0.238 e. The van der Waals surface area contributed by atoms with Gasteiger partial charge in [0.25, 0.3) is 0 Å². The van der Waals surface area contributed by atoms with Crippen molar-refractivity contribution in [1.29, 1.82) is 0 Å². The molecule has 0 bridgehead atoms. The van der Waals surface area contributed by atoms with E-state index in [0.29, 0.717) is 23.4 Å². The highest BCUT2D eigenvalue weighted by Gasteiger charge is 2.38. The maximum absolute atomic E-state index is 5.22. The van der Waals surface area contributed by atoms with Gasteiger partial charge in [0.15, 0.2) is 17.5 Å². The maximum Gasteiger partial charge on any atom is 0.238 e. The van der Waals surface area contributed by atoms with E-state index in [1.807, 2.05) is 134 Å². The molecule has 13 heterocycles. The average Bonchev–Trinajstić information content (AvgIpc) is 1.56. The Morgan fingerprint density at radius 3 is 1.03 bits per heavy atom. The molecular formula is C134H86N16. The lowest BCUT2D eigenvalue weighted by Crippen LogP contribution is -2.13. The number of hydrogen-bond donors (Lipinski definition) is 0. The summed E-state index contributed by atoms with van der Waals surface area (Å²) in [6, 6.07) is 166. The van der Waals surface area contributed by atoms with Gasteiger partial charge in [-0.3, -0.25) is 29.3 Å². The molecule has 0 saturated heterocycles. The summed E-state index contributed by atoms with van der Waals surface area (Å²) in [5.41, 5.74) is 35.0. The number of benzene rings is 17. The molecule has 10 aromatic heterocycles. The molecule has 0 aliphatic carbocycles. The van der Waals surface area contributed by atoms with Crippen molar-refractivity contribution in [3.63, 3.8) is 0 Å². The summed E-state index contributed by atoms with van der Waals surface area (Å²) in [7, 11) is 0. The highest BCUT2D eigenvalue weighted by molar-refractivity contribution is 6.18. The summed E-state index contributed by atoms with van der Waals surface area (Å²) in [6.45, 7) is 0. The van der Waals surface area contributed by atoms with Gasteiger partial charge in [0.1, 0.15) is 11.6 Å². The van der Waals surface area contributed by atoms with Crippen molar-refractivity contribution >= 4 is 116 Å². The van der Waals surface area contributed by atoms with Crippen LogP contribution in [-0.4, -0.2) is 63.5 Å². The molecular weight excluding hydrogens is 1830 g/mol. The third-order valence-electron chi connectivity index (χ3n) is 28.8. The summed E-state index contributed by atoms with van der Waals surface area (Å²) in [6.07, 6.45) is 15.3. The molecule has 150 heavy (non-hydrogen) atoms. The van der Waals surface area contributed by atoms with Crippen LogP contribution in [0.4, 0.5) is 51.4 Å². The number of anilines is 9. The van der Waals surface area contributed by atoms with Gasteiger partial charge in [0.05, 0.1) is 103 Å². The van der Waals surface area contributed by atoms with Gasteiger partial charge in [0, 0.05) is 170 Å². The van der Waals surface area contributed by atoms with Gasteiger partial charge in [-0.25, -0.2) is 24.9 Å². The van der Waals surface area contributed by atoms with E-state index in [1.165, 1.54) is 21.9 Å². The first kappa shape index (κ1) is 87.2. The van der Waals surface area contributed by atoms with E-state index in [-0.39, 0.29) is 0 Å². The molecule has 0 atom stereocenters. The molecule has 0 fully saturated rings. The molecule has 702 valence electrons. The van der Waals surface area contributed by atoms with Crippen LogP contribution in [0.3, 0.4) is 0 Å². The Hall–Kier alpha value is -20.6. The Kier molecular flexibility index (Phi) is 21.5. The van der Waals surface area contributed by atoms with Crippen molar-refractivity contribution < 1.29 is 0 Å². The minimum Gasteiger partial charge on any atom is -0.309 e. The number of pyridine rings is 5. The number of para-hydroxylation sites is 9. The molecule has 0 amide bonds. The van der Waals surface area contributed by atoms with E-state index in [9.17, 15) is 0 Å². The van der Waals surface area contributed by atoms with Gasteiger partial charge < -0.3 is 14.0 Å². The van der Waals surface area contributed by atoms with E-state index in [4.69, 9.17) is 44.9 Å². The molecule has 27 aromatic rings. The van der Waals surface area contributed by atoms with Gasteiger partial charge in [-0.2, -0.15) is 9.97 Å². The molecule has 0 N–H and O–H groups in total. The van der Waals surface area contributed by atoms with Gasteiger partial charge in [-0.15, -0.1) is 0 Å². The van der Waals surface area contributed by atoms with E-state index < -0.39 is 0 Å². The zero-order valence-corrected chi connectivity index (χ0v) is 80.8. The number of hydrogen-bond acceptors (Lipinski definition) is 13. The zero-order chi connectivity index (χ0) is 99.1. The van der Waals surface area contributed by atoms with Crippen LogP contribution in [-0.2, 0) is 0 Å². The monoisotopic (exact) mass is 1920 g/mol. The predicted molar refractivity (Wildman–Crippen MR) is 610 cm³/mol. The van der Waals surface area contributed by atoms with Crippen LogP contribution >= 0.6 is 0 Å². The van der Waals surface area contributed by atoms with Crippen LogP contribution in [0.1, 0.15) is 0 Å². The van der Waals surface area contributed by atoms with Gasteiger partial charge in [-0.1, -0.05) is 376 Å². The SMILES string of the molecule is c1ccc(-c2cc(-c3cccc(-n4c5c(c6ccccc64)-c4ccccc4N(c4cncc6ccccc46)c4ccccc4-5)c3)nc(-c3ccccc3)n2)cc1.c1ccc(-c2nc(-c3ccccc3)nc(-n3c4c(c5ccccc53)-c3ccccc3N(c3nccc5ccccc35)c3ccccc3-4)n2)cc1.c1cncc(-c2cncc(-n3c4c(c5ccccc53)-c3ccccc3N(c3nccc5ccccc35)c3ccccc3-4)c2)c1. The van der Waals surface area contributed by atoms with Crippen LogP contribution in [0, 0.1) is 0 Å². The number of nitrogens with zero attached hydrogens (tertiary/aromatic N) is 16. The summed E-state index contributed by atoms with van der Waals surface area (Å²) in [5, 5.41) is 10.2. The van der Waals surface area contributed by atoms with Crippen molar-refractivity contribution in [3.05, 3.63) is 523 Å². The van der Waals surface area contributed by atoms with Crippen molar-refractivity contribution in [3.8, 4) is 152 Å². The van der Waals surface area contributed by atoms with E-state index >= 15 is 0 Å². The second-order valence-corrected chi connectivity index (χ2v) is 37.4. The first-order valence-corrected chi connectivity index (χ1v) is 50.2. The van der Waals surface area contributed by atoms with Gasteiger partial charge in [0.2, 0.25) is 5.95 Å². The van der Waals surface area contributed by atoms with Crippen molar-refractivity contribution in [1.82, 2.24) is 63.5 Å². The second kappa shape index (κ2) is 37.0. The van der Waals surface area contributed by atoms with E-state index in [2.05, 4.69) is 416 Å². The quantitative estimate of drug-likeness (QED) is 0.114. The van der Waals surface area contributed by atoms with E-state index in [1.54, 1.807) is 6.20 Å². The zero-order valence-electron chi connectivity index (χ0n) is 80.8. The predicted octanol–water partition coefficient (Wildman–Crippen LogP) is 33.7. The fourth-order valence-corrected chi connectivity index (χ4v) is 22.3. The lowest BCUT2D eigenvalue weighted by Gasteiger charge is -2.28. The van der Waals surface area contributed by atoms with Crippen LogP contribution < -0.4 is 14.7 Å². The molecule has 0 saturated carbocycles. The molecule has 0 unspecified atom stereocenters. The fourth-order valence-electron chi connectivity index (χ4n) is 22.3. The highest BCUT2D eigenvalue weighted by atomic mass is 15.2. The topological polar surface area (TPSA) is 153 Å². The highest BCUT2D eigenvalue weighted by Crippen LogP contribution is 2.60. The average molecular weight is 1920 g/mol. The Bertz CT molecular complexity index is 9830. The molecule has 0 radical (unpaired) electrons. The van der Waals surface area contributed by atoms with Crippen molar-refractivity contribution in [2.75, 3.05) is 14.7 Å². The maximum atomic E-state index is 5.22. The standard InChI is InChI=1S/C51H33N5.C44H28N6.C39H25N5/c1-3-16-34(17-4-1)43-31-44(54-51(53-43)35-18-5-2-6-19-35)36-21-15-22-38(30-36)55-45-27-12-9-24-40(45)49-41-25-10-13-28-46(41)56(47-29-14-11-26-42(47)50(49)55)48-33-52-32-37-20-7-8-23-39(37)48;1-3-16-30(17-4-1)41-46-42(31-18-5-2-6-19-31)48-44(47-41)50-37-25-13-10-22-34(37)39-33-21-9-12-24-36(33)49(38-26-14-11-23-35(38)40(39)50)43-32-20-8-7-15-29(32)27-28-45-43;1-2-12-30-26(10-1)19-21-42-39(30)44-35-17-7-4-14-32(35)37-31-13-3-6-16-34(31)43(38(37)33-15-5-8-18-36(33)44)29-22-28(24-41-25-29)27-11-9-20-40-23-27/h1-33H;1-28H;1-25H. The Labute approximate surface area is 863 Å². The lowest BCUT2D eigenvalue weighted by atomic mass is 9.98.